The van der Waals surface area contributed by atoms with Gasteiger partial charge in [0.25, 0.3) is 0 Å². The number of fused-ring (bicyclic) bond motifs is 3. The molecule has 0 saturated carbocycles. The van der Waals surface area contributed by atoms with Gasteiger partial charge in [-0.3, -0.25) is 9.59 Å². The van der Waals surface area contributed by atoms with Crippen LogP contribution in [0.25, 0.3) is 11.1 Å². The maximum absolute atomic E-state index is 13.6. The molecule has 3 atom stereocenters. The Hall–Kier alpha value is -4.96. The Bertz CT molecular complexity index is 1610. The van der Waals surface area contributed by atoms with Gasteiger partial charge in [0.15, 0.2) is 0 Å². The van der Waals surface area contributed by atoms with Crippen LogP contribution in [0.1, 0.15) is 62.1 Å². The van der Waals surface area contributed by atoms with Gasteiger partial charge >= 0.3 is 12.1 Å². The predicted octanol–water partition coefficient (Wildman–Crippen LogP) is 5.35. The van der Waals surface area contributed by atoms with Crippen LogP contribution in [0.3, 0.4) is 0 Å². The Morgan fingerprint density at radius 1 is 0.960 bits per heavy atom. The first-order chi connectivity index (χ1) is 24.2. The number of hydrogen-bond donors (Lipinski definition) is 3. The fourth-order valence-electron chi connectivity index (χ4n) is 6.49. The molecular weight excluding hydrogens is 634 g/mol. The fourth-order valence-corrected chi connectivity index (χ4v) is 6.49. The van der Waals surface area contributed by atoms with Gasteiger partial charge in [0.1, 0.15) is 19.3 Å². The molecule has 3 amide bonds. The fraction of sp³-hybridized carbons (Fsp3) is 0.400. The van der Waals surface area contributed by atoms with E-state index in [2.05, 4.69) is 22.8 Å². The summed E-state index contributed by atoms with van der Waals surface area (Å²) in [6, 6.07) is 24.2. The number of carbonyl (C=O) groups is 4. The maximum atomic E-state index is 13.6. The average Bonchev–Trinajstić information content (AvgIpc) is 3.44. The molecule has 3 aromatic carbocycles. The minimum Gasteiger partial charge on any atom is -0.462 e. The topological polar surface area (TPSA) is 134 Å². The number of aliphatic hydroxyl groups excluding tert-OH is 1. The van der Waals surface area contributed by atoms with Crippen LogP contribution in [0.5, 0.6) is 0 Å². The molecule has 0 unspecified atom stereocenters. The Kier molecular flexibility index (Phi) is 12.8. The second kappa shape index (κ2) is 17.6. The van der Waals surface area contributed by atoms with Crippen molar-refractivity contribution in [3.05, 3.63) is 108 Å². The molecule has 3 aromatic rings. The number of allylic oxidation sites excluding steroid dienone is 2. The molecule has 0 aromatic heterocycles. The highest BCUT2D eigenvalue weighted by Gasteiger charge is 2.32. The number of hydrogen-bond acceptors (Lipinski definition) is 7. The van der Waals surface area contributed by atoms with Gasteiger partial charge in [0.2, 0.25) is 11.8 Å². The van der Waals surface area contributed by atoms with Crippen LogP contribution in [0, 0.1) is 11.8 Å². The van der Waals surface area contributed by atoms with E-state index in [4.69, 9.17) is 9.47 Å². The van der Waals surface area contributed by atoms with Gasteiger partial charge in [-0.15, -0.1) is 0 Å². The molecule has 2 aliphatic rings. The minimum absolute atomic E-state index is 0.0421. The second-order valence-electron chi connectivity index (χ2n) is 13.2. The Morgan fingerprint density at radius 2 is 1.62 bits per heavy atom. The highest BCUT2D eigenvalue weighted by atomic mass is 16.6. The lowest BCUT2D eigenvalue weighted by Gasteiger charge is -2.27. The molecule has 1 aliphatic heterocycles. The van der Waals surface area contributed by atoms with Crippen molar-refractivity contribution in [2.24, 2.45) is 11.8 Å². The summed E-state index contributed by atoms with van der Waals surface area (Å²) in [7, 11) is 0. The number of esters is 1. The summed E-state index contributed by atoms with van der Waals surface area (Å²) in [4.78, 5) is 54.9. The number of benzene rings is 3. The van der Waals surface area contributed by atoms with E-state index in [0.29, 0.717) is 19.4 Å². The van der Waals surface area contributed by atoms with Crippen molar-refractivity contribution in [3.63, 3.8) is 0 Å². The number of aliphatic hydroxyl groups is 1. The van der Waals surface area contributed by atoms with E-state index < -0.39 is 30.1 Å². The van der Waals surface area contributed by atoms with Crippen molar-refractivity contribution in [1.82, 2.24) is 15.5 Å². The molecule has 264 valence electrons. The average molecular weight is 682 g/mol. The van der Waals surface area contributed by atoms with Gasteiger partial charge in [-0.05, 0) is 53.0 Å². The lowest BCUT2D eigenvalue weighted by molar-refractivity contribution is -0.148. The van der Waals surface area contributed by atoms with E-state index in [1.807, 2.05) is 92.7 Å². The van der Waals surface area contributed by atoms with E-state index in [9.17, 15) is 24.3 Å². The third kappa shape index (κ3) is 9.38. The van der Waals surface area contributed by atoms with Gasteiger partial charge in [-0.1, -0.05) is 105 Å². The van der Waals surface area contributed by atoms with Crippen molar-refractivity contribution < 1.29 is 33.8 Å². The first kappa shape index (κ1) is 36.3. The van der Waals surface area contributed by atoms with E-state index in [1.165, 1.54) is 0 Å². The van der Waals surface area contributed by atoms with Gasteiger partial charge < -0.3 is 30.1 Å². The van der Waals surface area contributed by atoms with Crippen LogP contribution in [-0.2, 0) is 30.4 Å². The third-order valence-electron chi connectivity index (χ3n) is 9.40. The SMILES string of the molecule is CC(C)[C@H]1COC(=O)[C@@H](NC(=O)OCC2c3ccccc3-c3ccccc32)CCC=CC[C@H](CC(=O)N(CCO)Cc2ccccc2)C(=O)N1. The van der Waals surface area contributed by atoms with E-state index in [-0.39, 0.29) is 62.9 Å². The number of rotatable bonds is 10. The lowest BCUT2D eigenvalue weighted by atomic mass is 9.96. The molecule has 1 aliphatic carbocycles. The number of alkyl carbamates (subject to hydrolysis) is 1. The predicted molar refractivity (Wildman–Crippen MR) is 190 cm³/mol. The van der Waals surface area contributed by atoms with Crippen molar-refractivity contribution in [3.8, 4) is 11.1 Å². The van der Waals surface area contributed by atoms with Crippen molar-refractivity contribution in [2.75, 3.05) is 26.4 Å². The normalized spacial score (nSPS) is 19.6. The first-order valence-electron chi connectivity index (χ1n) is 17.4. The van der Waals surface area contributed by atoms with Gasteiger partial charge in [-0.25, -0.2) is 9.59 Å². The Balaban J connectivity index is 1.23. The molecule has 0 radical (unpaired) electrons. The van der Waals surface area contributed by atoms with Crippen LogP contribution in [-0.4, -0.2) is 72.3 Å². The zero-order chi connectivity index (χ0) is 35.5. The van der Waals surface area contributed by atoms with Crippen LogP contribution in [0.2, 0.25) is 0 Å². The molecule has 1 heterocycles. The Labute approximate surface area is 293 Å². The molecule has 10 nitrogen and oxygen atoms in total. The highest BCUT2D eigenvalue weighted by molar-refractivity contribution is 5.86. The van der Waals surface area contributed by atoms with E-state index >= 15 is 0 Å². The minimum atomic E-state index is -0.957. The summed E-state index contributed by atoms with van der Waals surface area (Å²) in [5.41, 5.74) is 5.35. The molecule has 50 heavy (non-hydrogen) atoms. The number of nitrogens with one attached hydrogen (secondary N) is 2. The first-order valence-corrected chi connectivity index (χ1v) is 17.4. The van der Waals surface area contributed by atoms with Crippen LogP contribution >= 0.6 is 0 Å². The maximum Gasteiger partial charge on any atom is 0.407 e. The highest BCUT2D eigenvalue weighted by Crippen LogP contribution is 2.44. The molecule has 0 fully saturated rings. The zero-order valence-electron chi connectivity index (χ0n) is 28.8. The van der Waals surface area contributed by atoms with Gasteiger partial charge in [0, 0.05) is 25.4 Å². The van der Waals surface area contributed by atoms with Crippen LogP contribution in [0.15, 0.2) is 91.0 Å². The van der Waals surface area contributed by atoms with Crippen molar-refractivity contribution in [2.45, 2.75) is 64.1 Å². The summed E-state index contributed by atoms with van der Waals surface area (Å²) in [6.45, 7) is 4.13. The summed E-state index contributed by atoms with van der Waals surface area (Å²) in [6.07, 6.45) is 3.92. The molecule has 0 saturated heterocycles. The smallest absolute Gasteiger partial charge is 0.407 e. The van der Waals surface area contributed by atoms with Gasteiger partial charge in [-0.2, -0.15) is 0 Å². The molecule has 5 rings (SSSR count). The molecule has 0 bridgehead atoms. The number of amides is 3. The lowest BCUT2D eigenvalue weighted by Crippen LogP contribution is -2.48. The van der Waals surface area contributed by atoms with Crippen LogP contribution < -0.4 is 10.6 Å². The molecule has 10 heteroatoms. The summed E-state index contributed by atoms with van der Waals surface area (Å²) >= 11 is 0. The summed E-state index contributed by atoms with van der Waals surface area (Å²) in [5.74, 6) is -2.02. The van der Waals surface area contributed by atoms with E-state index in [0.717, 1.165) is 27.8 Å². The Morgan fingerprint density at radius 3 is 2.28 bits per heavy atom. The second-order valence-corrected chi connectivity index (χ2v) is 13.2. The van der Waals surface area contributed by atoms with Crippen molar-refractivity contribution >= 4 is 23.9 Å². The molecule has 3 N–H and O–H groups in total. The number of carbonyl (C=O) groups excluding carboxylic acids is 4. The summed E-state index contributed by atoms with van der Waals surface area (Å²) < 4.78 is 11.4. The number of ether oxygens (including phenoxy) is 2. The zero-order valence-corrected chi connectivity index (χ0v) is 28.8. The quantitative estimate of drug-likeness (QED) is 0.194. The van der Waals surface area contributed by atoms with Crippen molar-refractivity contribution in [1.29, 1.82) is 0 Å². The standard InChI is InChI=1S/C40H47N3O7/c1-27(2)36-26-49-39(47)35(42-40(48)50-25-34-32-18-11-9-16-30(32)31-17-10-12-19-33(31)34)20-8-4-7-15-29(38(46)41-36)23-37(45)43(21-22-44)24-28-13-5-3-6-14-28/h3-7,9-14,16-19,27,29,34-36,44H,8,15,20-26H2,1-2H3,(H,41,46)(H,42,48)/t29-,35+,36-/m1/s1. The van der Waals surface area contributed by atoms with E-state index in [1.54, 1.807) is 4.90 Å². The number of nitrogens with zero attached hydrogens (tertiary/aromatic N) is 1. The molecular formula is C40H47N3O7. The summed E-state index contributed by atoms with van der Waals surface area (Å²) in [5, 5.41) is 15.3. The van der Waals surface area contributed by atoms with Gasteiger partial charge in [0.05, 0.1) is 18.6 Å². The largest absolute Gasteiger partial charge is 0.462 e. The number of cyclic esters (lactones) is 1. The van der Waals surface area contributed by atoms with Crippen LogP contribution in [0.4, 0.5) is 4.79 Å². The third-order valence-corrected chi connectivity index (χ3v) is 9.40. The molecule has 0 spiro atoms. The monoisotopic (exact) mass is 681 g/mol.